The molecule has 27 heavy (non-hydrogen) atoms. The minimum Gasteiger partial charge on any atom is -0.466 e. The largest absolute Gasteiger partial charge is 0.466 e. The molecule has 0 radical (unpaired) electrons. The highest BCUT2D eigenvalue weighted by atomic mass is 16.5. The van der Waals surface area contributed by atoms with Gasteiger partial charge in [-0.1, -0.05) is 0 Å². The second-order valence-corrected chi connectivity index (χ2v) is 6.25. The van der Waals surface area contributed by atoms with Crippen LogP contribution >= 0.6 is 0 Å². The molecular weight excluding hydrogens is 358 g/mol. The molecule has 1 heterocycles. The zero-order valence-corrected chi connectivity index (χ0v) is 15.8. The van der Waals surface area contributed by atoms with Gasteiger partial charge in [-0.25, -0.2) is 0 Å². The lowest BCUT2D eigenvalue weighted by Crippen LogP contribution is -2.42. The normalized spacial score (nSPS) is 22.7. The summed E-state index contributed by atoms with van der Waals surface area (Å²) in [5, 5.41) is 0. The van der Waals surface area contributed by atoms with E-state index in [0.717, 1.165) is 12.8 Å². The van der Waals surface area contributed by atoms with Crippen LogP contribution in [0.15, 0.2) is 0 Å². The zero-order valence-electron chi connectivity index (χ0n) is 15.8. The number of carbonyl (C=O) groups excluding carboxylic acids is 5. The number of carbonyl (C=O) groups is 3. The van der Waals surface area contributed by atoms with Gasteiger partial charge in [0, 0.05) is 13.1 Å². The van der Waals surface area contributed by atoms with Gasteiger partial charge in [-0.3, -0.25) is 14.4 Å². The summed E-state index contributed by atoms with van der Waals surface area (Å²) >= 11 is 0. The summed E-state index contributed by atoms with van der Waals surface area (Å²) in [5.41, 5.74) is 0. The summed E-state index contributed by atoms with van der Waals surface area (Å²) in [6.07, 6.45) is 2.98. The first-order valence-electron chi connectivity index (χ1n) is 9.19. The molecule has 2 atom stereocenters. The van der Waals surface area contributed by atoms with Crippen LogP contribution in [0.4, 0.5) is 0 Å². The molecule has 0 spiro atoms. The average Bonchev–Trinajstić information content (AvgIpc) is 3.57. The lowest BCUT2D eigenvalue weighted by Gasteiger charge is -2.26. The Balaban J connectivity index is 0.000000277. The van der Waals surface area contributed by atoms with Crippen molar-refractivity contribution < 1.29 is 38.2 Å². The van der Waals surface area contributed by atoms with Crippen LogP contribution in [0, 0.1) is 17.8 Å². The minimum atomic E-state index is -0.228. The quantitative estimate of drug-likeness (QED) is 0.625. The van der Waals surface area contributed by atoms with E-state index in [4.69, 9.17) is 23.8 Å². The van der Waals surface area contributed by atoms with E-state index in [-0.39, 0.29) is 41.8 Å². The first kappa shape index (κ1) is 22.8. The number of morpholine rings is 1. The fourth-order valence-corrected chi connectivity index (χ4v) is 2.58. The SMILES string of the molecule is CCOC(=O)C1CC1.CCOC(=O)[C@H]1C[C@@H]1C(=O)N1CCOCC1.O=C=O. The van der Waals surface area contributed by atoms with Crippen LogP contribution < -0.4 is 0 Å². The number of amides is 1. The van der Waals surface area contributed by atoms with Gasteiger partial charge in [-0.15, -0.1) is 0 Å². The van der Waals surface area contributed by atoms with Crippen molar-refractivity contribution >= 4 is 24.0 Å². The van der Waals surface area contributed by atoms with Crippen molar-refractivity contribution in [3.8, 4) is 0 Å². The average molecular weight is 385 g/mol. The lowest BCUT2D eigenvalue weighted by molar-refractivity contribution is -0.191. The predicted molar refractivity (Wildman–Crippen MR) is 90.0 cm³/mol. The topological polar surface area (TPSA) is 116 Å². The molecule has 3 aliphatic rings. The number of esters is 2. The molecule has 3 fully saturated rings. The van der Waals surface area contributed by atoms with Crippen molar-refractivity contribution in [3.63, 3.8) is 0 Å². The Hall–Kier alpha value is -2.25. The van der Waals surface area contributed by atoms with E-state index in [9.17, 15) is 14.4 Å². The van der Waals surface area contributed by atoms with Crippen LogP contribution in [0.1, 0.15) is 33.1 Å². The Morgan fingerprint density at radius 2 is 1.48 bits per heavy atom. The number of nitrogens with zero attached hydrogens (tertiary/aromatic N) is 1. The van der Waals surface area contributed by atoms with E-state index >= 15 is 0 Å². The fourth-order valence-electron chi connectivity index (χ4n) is 2.58. The summed E-state index contributed by atoms with van der Waals surface area (Å²) in [6, 6.07) is 0. The third-order valence-corrected chi connectivity index (χ3v) is 4.22. The van der Waals surface area contributed by atoms with E-state index in [1.807, 2.05) is 6.92 Å². The number of rotatable bonds is 5. The molecule has 0 N–H and O–H groups in total. The molecule has 2 aliphatic carbocycles. The second kappa shape index (κ2) is 12.2. The van der Waals surface area contributed by atoms with Crippen molar-refractivity contribution in [2.45, 2.75) is 33.1 Å². The molecule has 0 aromatic heterocycles. The molecule has 0 aromatic carbocycles. The van der Waals surface area contributed by atoms with Crippen LogP contribution in [0.3, 0.4) is 0 Å². The van der Waals surface area contributed by atoms with Crippen molar-refractivity contribution in [1.82, 2.24) is 4.90 Å². The smallest absolute Gasteiger partial charge is 0.373 e. The molecule has 9 heteroatoms. The van der Waals surface area contributed by atoms with Crippen LogP contribution in [-0.2, 0) is 38.2 Å². The van der Waals surface area contributed by atoms with Gasteiger partial charge in [0.15, 0.2) is 0 Å². The van der Waals surface area contributed by atoms with Gasteiger partial charge in [0.25, 0.3) is 0 Å². The van der Waals surface area contributed by atoms with Crippen molar-refractivity contribution in [2.24, 2.45) is 17.8 Å². The maximum Gasteiger partial charge on any atom is 0.373 e. The van der Waals surface area contributed by atoms with E-state index in [2.05, 4.69) is 0 Å². The van der Waals surface area contributed by atoms with E-state index in [1.54, 1.807) is 11.8 Å². The number of hydrogen-bond acceptors (Lipinski definition) is 8. The monoisotopic (exact) mass is 385 g/mol. The van der Waals surface area contributed by atoms with Crippen molar-refractivity contribution in [2.75, 3.05) is 39.5 Å². The molecule has 2 saturated carbocycles. The fraction of sp³-hybridized carbons (Fsp3) is 0.778. The maximum absolute atomic E-state index is 11.9. The minimum absolute atomic E-state index is 0.00694. The van der Waals surface area contributed by atoms with Crippen LogP contribution in [0.2, 0.25) is 0 Å². The Labute approximate surface area is 158 Å². The summed E-state index contributed by atoms with van der Waals surface area (Å²) in [4.78, 5) is 51.9. The van der Waals surface area contributed by atoms with E-state index in [0.29, 0.717) is 45.9 Å². The predicted octanol–water partition coefficient (Wildman–Crippen LogP) is 0.420. The molecule has 0 unspecified atom stereocenters. The van der Waals surface area contributed by atoms with Crippen molar-refractivity contribution in [1.29, 1.82) is 0 Å². The zero-order chi connectivity index (χ0) is 20.2. The third-order valence-electron chi connectivity index (χ3n) is 4.22. The third kappa shape index (κ3) is 8.32. The molecule has 3 rings (SSSR count). The van der Waals surface area contributed by atoms with Gasteiger partial charge in [0.1, 0.15) is 0 Å². The van der Waals surface area contributed by atoms with Crippen LogP contribution in [0.25, 0.3) is 0 Å². The highest BCUT2D eigenvalue weighted by Gasteiger charge is 2.50. The highest BCUT2D eigenvalue weighted by Crippen LogP contribution is 2.41. The maximum atomic E-state index is 11.9. The Morgan fingerprint density at radius 3 is 1.96 bits per heavy atom. The molecule has 1 saturated heterocycles. The molecule has 152 valence electrons. The number of ether oxygens (including phenoxy) is 3. The summed E-state index contributed by atoms with van der Waals surface area (Å²) in [5.74, 6) is -0.231. The van der Waals surface area contributed by atoms with E-state index in [1.165, 1.54) is 0 Å². The highest BCUT2D eigenvalue weighted by molar-refractivity contribution is 5.90. The van der Waals surface area contributed by atoms with E-state index < -0.39 is 0 Å². The molecule has 1 aliphatic heterocycles. The van der Waals surface area contributed by atoms with Crippen LogP contribution in [0.5, 0.6) is 0 Å². The van der Waals surface area contributed by atoms with Crippen LogP contribution in [-0.4, -0.2) is 68.4 Å². The van der Waals surface area contributed by atoms with Gasteiger partial charge in [0.2, 0.25) is 5.91 Å². The van der Waals surface area contributed by atoms with Gasteiger partial charge < -0.3 is 19.1 Å². The summed E-state index contributed by atoms with van der Waals surface area (Å²) in [7, 11) is 0. The Kier molecular flexibility index (Phi) is 10.3. The first-order valence-corrected chi connectivity index (χ1v) is 9.19. The summed E-state index contributed by atoms with van der Waals surface area (Å²) in [6.45, 7) is 7.00. The van der Waals surface area contributed by atoms with Gasteiger partial charge in [-0.2, -0.15) is 9.59 Å². The Morgan fingerprint density at radius 1 is 0.963 bits per heavy atom. The molecule has 1 amide bonds. The van der Waals surface area contributed by atoms with Gasteiger partial charge in [-0.05, 0) is 33.1 Å². The standard InChI is InChI=1S/C11H17NO4.C6H10O2.CO2/c1-2-16-11(14)9-7-8(9)10(13)12-3-5-15-6-4-12;1-2-8-6(7)5-3-4-5;2-1-3/h8-9H,2-7H2,1H3;5H,2-4H2,1H3;/t8-,9-;;/m0../s1. The first-order chi connectivity index (χ1) is 13.0. The Bertz CT molecular complexity index is 533. The second-order valence-electron chi connectivity index (χ2n) is 6.25. The molecular formula is C18H27NO8. The van der Waals surface area contributed by atoms with Crippen molar-refractivity contribution in [3.05, 3.63) is 0 Å². The van der Waals surface area contributed by atoms with Gasteiger partial charge >= 0.3 is 18.1 Å². The summed E-state index contributed by atoms with van der Waals surface area (Å²) < 4.78 is 14.8. The molecule has 0 aromatic rings. The molecule has 9 nitrogen and oxygen atoms in total. The molecule has 0 bridgehead atoms. The lowest BCUT2D eigenvalue weighted by atomic mass is 10.2. The number of hydrogen-bond donors (Lipinski definition) is 0. The van der Waals surface area contributed by atoms with Gasteiger partial charge in [0.05, 0.1) is 44.2 Å².